The van der Waals surface area contributed by atoms with Gasteiger partial charge >= 0.3 is 6.03 Å². The first-order valence-corrected chi connectivity index (χ1v) is 54.5. The first-order chi connectivity index (χ1) is 64.3. The number of benzene rings is 7. The number of likely N-dealkylation sites (N-methyl/N-ethyl adjacent to an activating group) is 2. The highest BCUT2D eigenvalue weighted by molar-refractivity contribution is 7.95. The third-order valence-electron chi connectivity index (χ3n) is 28.9. The molecule has 7 aliphatic rings. The van der Waals surface area contributed by atoms with Crippen molar-refractivity contribution < 1.29 is 87.1 Å². The van der Waals surface area contributed by atoms with E-state index < -0.39 is 70.3 Å². The fourth-order valence-corrected chi connectivity index (χ4v) is 23.8. The number of carbonyl (C=O) groups excluding carboxylic acids is 3. The van der Waals surface area contributed by atoms with Crippen LogP contribution in [0.15, 0.2) is 261 Å². The quantitative estimate of drug-likeness (QED) is 0.00941. The monoisotopic (exact) mass is 2020 g/mol. The van der Waals surface area contributed by atoms with Crippen molar-refractivity contribution in [2.45, 2.75) is 259 Å². The number of fused-ring (bicyclic) bond motifs is 8. The van der Waals surface area contributed by atoms with Crippen LogP contribution in [-0.4, -0.2) is 163 Å². The lowest BCUT2D eigenvalue weighted by Gasteiger charge is -2.30. The summed E-state index contributed by atoms with van der Waals surface area (Å²) in [6, 6.07) is 50.4. The van der Waals surface area contributed by atoms with Gasteiger partial charge in [-0.1, -0.05) is 252 Å². The Kier molecular flexibility index (Phi) is 38.5. The average Bonchev–Trinajstić information content (AvgIpc) is 1.56. The van der Waals surface area contributed by atoms with E-state index in [0.29, 0.717) is 54.1 Å². The van der Waals surface area contributed by atoms with Crippen molar-refractivity contribution >= 4 is 97.9 Å². The zero-order valence-electron chi connectivity index (χ0n) is 84.2. The fourth-order valence-electron chi connectivity index (χ4n) is 20.9. The number of allylic oxidation sites excluding steroid dienone is 16. The molecule has 1 saturated heterocycles. The van der Waals surface area contributed by atoms with Gasteiger partial charge in [-0.15, -0.1) is 0 Å². The van der Waals surface area contributed by atoms with Gasteiger partial charge in [-0.3, -0.25) is 19.4 Å². The molecule has 0 unspecified atom stereocenters. The summed E-state index contributed by atoms with van der Waals surface area (Å²) in [5, 5.41) is 4.14. The molecule has 0 bridgehead atoms. The predicted molar refractivity (Wildman–Crippen MR) is 554 cm³/mol. The van der Waals surface area contributed by atoms with Gasteiger partial charge in [0.15, 0.2) is 5.71 Å². The van der Waals surface area contributed by atoms with Gasteiger partial charge in [-0.2, -0.15) is 4.58 Å². The van der Waals surface area contributed by atoms with Gasteiger partial charge < -0.3 is 57.6 Å². The first-order valence-electron chi connectivity index (χ1n) is 49.9. The van der Waals surface area contributed by atoms with Crippen LogP contribution >= 0.6 is 0 Å². The van der Waals surface area contributed by atoms with Gasteiger partial charge in [0.1, 0.15) is 12.1 Å². The van der Waals surface area contributed by atoms with E-state index in [2.05, 4.69) is 239 Å². The topological polar surface area (TPSA) is 228 Å². The summed E-state index contributed by atoms with van der Waals surface area (Å²) in [4.78, 5) is 54.3. The van der Waals surface area contributed by atoms with Crippen LogP contribution in [-0.2, 0) is 61.3 Å². The Morgan fingerprint density at radius 1 is 0.397 bits per heavy atom. The highest BCUT2D eigenvalue weighted by Gasteiger charge is 2.48. The van der Waals surface area contributed by atoms with Gasteiger partial charge in [-0.25, -0.2) is 30.0 Å². The second kappa shape index (κ2) is 48.1. The predicted octanol–water partition coefficient (Wildman–Crippen LogP) is 18.2. The maximum Gasteiger partial charge on any atom is 0.333 e. The SMILES string of the molecule is CCCCCCCN1C(=CC=C2CCCC(C=CC3=[N+](CCCCCCC)c4ccccc4C3(C)C)=C2S(=O)(=O)c2ccccc2)C(C)(C)c2ccccc21.CC[NH+](CC)CC.CC[NH+](CC)CC.CN1C(=O)C(=C2C(=CC=C3N(CCCCS(=O)(=O)[O-])c4c(ccc5ccccc45)C3(C)C)CCC2=CC=C2N(CCCCS(=O)(=O)[O-])c3c(ccc4ccccc34)C2(C)C)C(=O)N(C)C1=O.[I-]. The average molecular weight is 2020 g/mol. The van der Waals surface area contributed by atoms with Crippen molar-refractivity contribution in [1.82, 2.24) is 9.80 Å². The standard InChI is InChI=1S/C51H56N4O9S2.C50H65N2O2S.2C6H15N.HI/c1-50(2)39-25-21-33-15-7-9-17-37(33)45(39)54(29-11-13-31-65(59,60)61)41(50)27-23-35-19-20-36(43(35)44-47(56)52(5)49(58)53(6)48(44)57)24-28-42-51(3,4)40-26-22-34-16-8-10-18-38(34)46(40)55(42)30-12-14-32-66(62,63)64;1-7-9-11-13-22-37-51-44-31-20-18-29-42(44)49(3,4)46(51)35-33-39-25-24-26-40(48(39)55(53,54)41-27-16-15-17-28-41)34-36-47-50(5,6)43-30-19-21-32-45(43)52(47)38-23-14-12-10-8-2;2*1-4-7(5-2)6-3;/h7-10,15-18,21-28H,11-14,19-20,29-32H2,1-6H3,(H,59,60,61)(H,62,63,64);15-21,27-36H,7-14,22-26,37-38H2,1-6H3;2*4-6H2,1-3H3;1H/q;+1;;;/p-1. The maximum absolute atomic E-state index is 14.8. The van der Waals surface area contributed by atoms with Crippen LogP contribution < -0.4 is 48.5 Å². The van der Waals surface area contributed by atoms with E-state index in [1.165, 1.54) is 139 Å². The molecule has 2 aliphatic carbocycles. The Bertz CT molecular complexity index is 5920. The van der Waals surface area contributed by atoms with Crippen LogP contribution in [0.5, 0.6) is 0 Å². The number of imide groups is 2. The second-order valence-corrected chi connectivity index (χ2v) is 44.1. The van der Waals surface area contributed by atoms with E-state index in [9.17, 15) is 48.7 Å². The number of barbiturate groups is 1. The number of rotatable bonds is 35. The first kappa shape index (κ1) is 109. The molecule has 1 saturated carbocycles. The van der Waals surface area contributed by atoms with E-state index in [1.54, 1.807) is 21.9 Å². The largest absolute Gasteiger partial charge is 1.00 e. The number of unbranched alkanes of at least 4 members (excludes halogenated alkanes) is 10. The van der Waals surface area contributed by atoms with Crippen LogP contribution in [0.3, 0.4) is 0 Å². The number of nitrogens with zero attached hydrogens (tertiary/aromatic N) is 6. The van der Waals surface area contributed by atoms with Crippen LogP contribution in [0.4, 0.5) is 27.5 Å². The number of amides is 4. The molecule has 23 heteroatoms. The normalized spacial score (nSPS) is 19.0. The summed E-state index contributed by atoms with van der Waals surface area (Å²) in [5.41, 5.74) is 15.8. The molecule has 19 nitrogen and oxygen atoms in total. The van der Waals surface area contributed by atoms with E-state index in [-0.39, 0.29) is 53.2 Å². The number of quaternary nitrogens is 2. The number of halogens is 1. The molecule has 0 atom stereocenters. The van der Waals surface area contributed by atoms with Crippen LogP contribution in [0.2, 0.25) is 0 Å². The van der Waals surface area contributed by atoms with E-state index >= 15 is 0 Å². The van der Waals surface area contributed by atoms with Crippen molar-refractivity contribution in [3.05, 3.63) is 278 Å². The highest BCUT2D eigenvalue weighted by atomic mass is 127. The summed E-state index contributed by atoms with van der Waals surface area (Å²) in [5.74, 6) is -2.34. The molecule has 136 heavy (non-hydrogen) atoms. The Morgan fingerprint density at radius 3 is 1.29 bits per heavy atom. The number of nitrogens with one attached hydrogen (secondary N) is 2. The number of sulfone groups is 1. The van der Waals surface area contributed by atoms with E-state index in [0.717, 1.165) is 133 Å². The summed E-state index contributed by atoms with van der Waals surface area (Å²) in [7, 11) is -9.86. The molecule has 14 rings (SSSR count). The fraction of sp³-hybridized carbons (Fsp3) is 0.469. The molecule has 4 amide bonds. The smallest absolute Gasteiger partial charge is 0.333 e. The minimum Gasteiger partial charge on any atom is -1.00 e. The molecule has 0 spiro atoms. The van der Waals surface area contributed by atoms with E-state index in [1.807, 2.05) is 78.9 Å². The van der Waals surface area contributed by atoms with E-state index in [4.69, 9.17) is 0 Å². The Balaban J connectivity index is 0.000000247. The van der Waals surface area contributed by atoms with Crippen molar-refractivity contribution in [3.63, 3.8) is 0 Å². The lowest BCUT2D eigenvalue weighted by Crippen LogP contribution is -3.11. The van der Waals surface area contributed by atoms with Gasteiger partial charge in [0.2, 0.25) is 15.5 Å². The van der Waals surface area contributed by atoms with Crippen molar-refractivity contribution in [2.75, 3.05) is 106 Å². The summed E-state index contributed by atoms with van der Waals surface area (Å²) >= 11 is 0. The van der Waals surface area contributed by atoms with Crippen LogP contribution in [0, 0.1) is 0 Å². The molecule has 2 N–H and O–H groups in total. The second-order valence-electron chi connectivity index (χ2n) is 39.1. The van der Waals surface area contributed by atoms with Crippen molar-refractivity contribution in [2.24, 2.45) is 0 Å². The zero-order valence-corrected chi connectivity index (χ0v) is 88.9. The molecule has 0 aromatic heterocycles. The van der Waals surface area contributed by atoms with Crippen molar-refractivity contribution in [1.29, 1.82) is 0 Å². The Labute approximate surface area is 831 Å². The number of anilines is 3. The number of hydrogen-bond donors (Lipinski definition) is 2. The van der Waals surface area contributed by atoms with Gasteiger partial charge in [0.05, 0.1) is 86.1 Å². The molecule has 2 fully saturated rings. The zero-order chi connectivity index (χ0) is 98.0. The summed E-state index contributed by atoms with van der Waals surface area (Å²) in [6.07, 6.45) is 33.6. The van der Waals surface area contributed by atoms with Crippen LogP contribution in [0.1, 0.15) is 255 Å². The third kappa shape index (κ3) is 24.8. The van der Waals surface area contributed by atoms with Gasteiger partial charge in [0, 0.05) is 119 Å². The van der Waals surface area contributed by atoms with Crippen LogP contribution in [0.25, 0.3) is 21.5 Å². The molecule has 5 aliphatic heterocycles. The van der Waals surface area contributed by atoms with Gasteiger partial charge in [-0.05, 0) is 218 Å². The summed E-state index contributed by atoms with van der Waals surface area (Å²) < 4.78 is 101. The lowest BCUT2D eigenvalue weighted by atomic mass is 9.81. The number of urea groups is 1. The molecule has 7 aromatic rings. The molecule has 7 aromatic carbocycles. The minimum absolute atomic E-state index is 0. The third-order valence-corrected chi connectivity index (χ3v) is 32.4. The Hall–Kier alpha value is -9.18. The number of hydrogen-bond acceptors (Lipinski definition) is 14. The molecular formula is C113H151IN8O11S3. The molecule has 5 heterocycles. The van der Waals surface area contributed by atoms with Crippen molar-refractivity contribution in [3.8, 4) is 0 Å². The van der Waals surface area contributed by atoms with Gasteiger partial charge in [0.25, 0.3) is 11.8 Å². The molecular weight excluding hydrogens is 1870 g/mol. The lowest BCUT2D eigenvalue weighted by molar-refractivity contribution is -0.894. The highest BCUT2D eigenvalue weighted by Crippen LogP contribution is 2.55. The Morgan fingerprint density at radius 2 is 0.809 bits per heavy atom. The number of carbonyl (C=O) groups is 3. The molecule has 0 radical (unpaired) electrons. The maximum atomic E-state index is 14.8. The minimum atomic E-state index is -4.39. The summed E-state index contributed by atoms with van der Waals surface area (Å²) in [6.45, 7) is 46.0. The molecule has 734 valence electrons. The number of para-hydroxylation sites is 2.